The first-order chi connectivity index (χ1) is 9.51. The molecule has 0 unspecified atom stereocenters. The number of sulfonamides is 1. The van der Waals surface area contributed by atoms with Gasteiger partial charge in [-0.25, -0.2) is 13.1 Å². The van der Waals surface area contributed by atoms with Crippen LogP contribution in [0.1, 0.15) is 37.7 Å². The lowest BCUT2D eigenvalue weighted by Crippen LogP contribution is -2.41. The Morgan fingerprint density at radius 1 is 1.40 bits per heavy atom. The van der Waals surface area contributed by atoms with Crippen molar-refractivity contribution in [3.8, 4) is 0 Å². The van der Waals surface area contributed by atoms with Gasteiger partial charge in [-0.3, -0.25) is 0 Å². The second-order valence-electron chi connectivity index (χ2n) is 5.20. The maximum absolute atomic E-state index is 12.3. The van der Waals surface area contributed by atoms with Crippen LogP contribution in [-0.2, 0) is 16.6 Å². The van der Waals surface area contributed by atoms with Gasteiger partial charge in [-0.2, -0.15) is 11.8 Å². The highest BCUT2D eigenvalue weighted by Gasteiger charge is 2.32. The van der Waals surface area contributed by atoms with E-state index in [-0.39, 0.29) is 15.6 Å². The zero-order valence-electron chi connectivity index (χ0n) is 11.6. The quantitative estimate of drug-likeness (QED) is 0.838. The van der Waals surface area contributed by atoms with Crippen molar-refractivity contribution in [3.63, 3.8) is 0 Å². The zero-order valence-corrected chi connectivity index (χ0v) is 14.0. The van der Waals surface area contributed by atoms with Gasteiger partial charge < -0.3 is 5.11 Å². The predicted octanol–water partition coefficient (Wildman–Crippen LogP) is 2.58. The number of hydrogen-bond donors (Lipinski definition) is 2. The van der Waals surface area contributed by atoms with E-state index in [0.29, 0.717) is 12.1 Å². The fourth-order valence-corrected chi connectivity index (χ4v) is 5.90. The predicted molar refractivity (Wildman–Crippen MR) is 84.8 cm³/mol. The normalized spacial score (nSPS) is 19.1. The van der Waals surface area contributed by atoms with Crippen LogP contribution in [0.15, 0.2) is 15.7 Å². The summed E-state index contributed by atoms with van der Waals surface area (Å²) >= 11 is 2.93. The van der Waals surface area contributed by atoms with Crippen molar-refractivity contribution in [2.24, 2.45) is 0 Å². The van der Waals surface area contributed by atoms with E-state index in [1.54, 1.807) is 23.2 Å². The van der Waals surface area contributed by atoms with E-state index in [1.807, 2.05) is 0 Å². The summed E-state index contributed by atoms with van der Waals surface area (Å²) in [5, 5.41) is 10.7. The highest BCUT2D eigenvalue weighted by molar-refractivity contribution is 8.00. The largest absolute Gasteiger partial charge is 0.392 e. The molecule has 20 heavy (non-hydrogen) atoms. The molecular weight excluding hydrogens is 314 g/mol. The molecule has 0 bridgehead atoms. The van der Waals surface area contributed by atoms with Gasteiger partial charge in [-0.05, 0) is 36.1 Å². The van der Waals surface area contributed by atoms with Crippen molar-refractivity contribution in [3.05, 3.63) is 17.0 Å². The van der Waals surface area contributed by atoms with Crippen molar-refractivity contribution in [2.45, 2.75) is 47.7 Å². The lowest BCUT2D eigenvalue weighted by atomic mass is 9.88. The first-order valence-electron chi connectivity index (χ1n) is 6.74. The number of aliphatic hydroxyl groups is 1. The Balaban J connectivity index is 2.04. The Kier molecular flexibility index (Phi) is 5.53. The van der Waals surface area contributed by atoms with E-state index in [0.717, 1.165) is 24.2 Å². The number of rotatable bonds is 6. The molecule has 1 fully saturated rings. The lowest BCUT2D eigenvalue weighted by molar-refractivity contribution is 0.282. The molecule has 7 heteroatoms. The van der Waals surface area contributed by atoms with Gasteiger partial charge in [0.1, 0.15) is 4.21 Å². The molecule has 1 saturated carbocycles. The third kappa shape index (κ3) is 3.76. The van der Waals surface area contributed by atoms with Crippen molar-refractivity contribution in [1.29, 1.82) is 0 Å². The van der Waals surface area contributed by atoms with Gasteiger partial charge in [-0.15, -0.1) is 11.3 Å². The van der Waals surface area contributed by atoms with Crippen LogP contribution in [0.25, 0.3) is 0 Å². The molecule has 0 aliphatic heterocycles. The minimum Gasteiger partial charge on any atom is -0.392 e. The SMILES string of the molecule is CSC1(CNS(=O)(=O)c2cc(CO)cs2)CCCCC1. The van der Waals surface area contributed by atoms with Gasteiger partial charge in [0, 0.05) is 11.3 Å². The second-order valence-corrected chi connectivity index (χ2v) is 9.38. The molecule has 1 heterocycles. The summed E-state index contributed by atoms with van der Waals surface area (Å²) in [7, 11) is -3.45. The third-order valence-corrected chi connectivity index (χ3v) is 8.17. The molecule has 2 rings (SSSR count). The first-order valence-corrected chi connectivity index (χ1v) is 10.3. The lowest BCUT2D eigenvalue weighted by Gasteiger charge is -2.35. The molecule has 1 aliphatic rings. The van der Waals surface area contributed by atoms with Crippen LogP contribution in [0.4, 0.5) is 0 Å². The van der Waals surface area contributed by atoms with Crippen molar-refractivity contribution in [2.75, 3.05) is 12.8 Å². The van der Waals surface area contributed by atoms with E-state index in [4.69, 9.17) is 5.11 Å². The van der Waals surface area contributed by atoms with E-state index in [9.17, 15) is 8.42 Å². The molecule has 0 saturated heterocycles. The monoisotopic (exact) mass is 335 g/mol. The van der Waals surface area contributed by atoms with Crippen LogP contribution in [0.5, 0.6) is 0 Å². The summed E-state index contributed by atoms with van der Waals surface area (Å²) in [5.74, 6) is 0. The minimum atomic E-state index is -3.45. The molecule has 0 amide bonds. The molecular formula is C13H21NO3S3. The van der Waals surface area contributed by atoms with Gasteiger partial charge in [0.2, 0.25) is 10.0 Å². The molecule has 0 radical (unpaired) electrons. The summed E-state index contributed by atoms with van der Waals surface area (Å²) in [5.41, 5.74) is 0.646. The minimum absolute atomic E-state index is 0.0440. The highest BCUT2D eigenvalue weighted by Crippen LogP contribution is 2.38. The molecule has 0 spiro atoms. The number of thiophene rings is 1. The molecule has 1 aromatic heterocycles. The Labute approximate surface area is 129 Å². The average Bonchev–Trinajstić information content (AvgIpc) is 2.96. The molecule has 1 aliphatic carbocycles. The van der Waals surface area contributed by atoms with Gasteiger partial charge >= 0.3 is 0 Å². The Bertz CT molecular complexity index is 533. The maximum atomic E-state index is 12.3. The molecule has 0 atom stereocenters. The molecule has 4 nitrogen and oxygen atoms in total. The van der Waals surface area contributed by atoms with Gasteiger partial charge in [0.25, 0.3) is 0 Å². The number of aliphatic hydroxyl groups excluding tert-OH is 1. The highest BCUT2D eigenvalue weighted by atomic mass is 32.2. The maximum Gasteiger partial charge on any atom is 0.250 e. The van der Waals surface area contributed by atoms with Crippen molar-refractivity contribution < 1.29 is 13.5 Å². The molecule has 0 aromatic carbocycles. The van der Waals surface area contributed by atoms with E-state index < -0.39 is 10.0 Å². The fourth-order valence-electron chi connectivity index (χ4n) is 2.52. The van der Waals surface area contributed by atoms with E-state index in [1.165, 1.54) is 19.3 Å². The topological polar surface area (TPSA) is 66.4 Å². The van der Waals surface area contributed by atoms with Gasteiger partial charge in [-0.1, -0.05) is 19.3 Å². The summed E-state index contributed by atoms with van der Waals surface area (Å²) in [4.78, 5) is 0. The third-order valence-electron chi connectivity index (χ3n) is 3.86. The number of hydrogen-bond acceptors (Lipinski definition) is 5. The Morgan fingerprint density at radius 2 is 2.10 bits per heavy atom. The smallest absolute Gasteiger partial charge is 0.250 e. The second kappa shape index (κ2) is 6.79. The summed E-state index contributed by atoms with van der Waals surface area (Å²) in [6, 6.07) is 1.54. The molecule has 114 valence electrons. The van der Waals surface area contributed by atoms with E-state index >= 15 is 0 Å². The average molecular weight is 336 g/mol. The summed E-state index contributed by atoms with van der Waals surface area (Å²) < 4.78 is 27.6. The molecule has 2 N–H and O–H groups in total. The number of nitrogens with one attached hydrogen (secondary N) is 1. The number of thioether (sulfide) groups is 1. The molecule has 1 aromatic rings. The van der Waals surface area contributed by atoms with Crippen LogP contribution >= 0.6 is 23.1 Å². The zero-order chi connectivity index (χ0) is 14.6. The first kappa shape index (κ1) is 16.3. The van der Waals surface area contributed by atoms with Crippen LogP contribution < -0.4 is 4.72 Å². The summed E-state index contributed by atoms with van der Waals surface area (Å²) in [6.45, 7) is 0.365. The Hall–Kier alpha value is -0.0800. The van der Waals surface area contributed by atoms with Crippen molar-refractivity contribution >= 4 is 33.1 Å². The fraction of sp³-hybridized carbons (Fsp3) is 0.692. The van der Waals surface area contributed by atoms with Crippen LogP contribution in [0, 0.1) is 0 Å². The van der Waals surface area contributed by atoms with Crippen LogP contribution in [0.3, 0.4) is 0 Å². The summed E-state index contributed by atoms with van der Waals surface area (Å²) in [6.07, 6.45) is 7.81. The van der Waals surface area contributed by atoms with Gasteiger partial charge in [0.05, 0.1) is 6.61 Å². The van der Waals surface area contributed by atoms with E-state index in [2.05, 4.69) is 11.0 Å². The van der Waals surface area contributed by atoms with Crippen LogP contribution in [-0.4, -0.2) is 31.1 Å². The standard InChI is InChI=1S/C13H21NO3S3/c1-18-13(5-3-2-4-6-13)10-14-20(16,17)12-7-11(8-15)9-19-12/h7,9,14-15H,2-6,8,10H2,1H3. The Morgan fingerprint density at radius 3 is 2.65 bits per heavy atom. The van der Waals surface area contributed by atoms with Gasteiger partial charge in [0.15, 0.2) is 0 Å². The van der Waals surface area contributed by atoms with Crippen molar-refractivity contribution in [1.82, 2.24) is 4.72 Å². The van der Waals surface area contributed by atoms with Crippen LogP contribution in [0.2, 0.25) is 0 Å².